The molecule has 4 aromatic rings. The van der Waals surface area contributed by atoms with Gasteiger partial charge < -0.3 is 37.9 Å². The second-order valence-corrected chi connectivity index (χ2v) is 23.9. The highest BCUT2D eigenvalue weighted by Crippen LogP contribution is 2.57. The van der Waals surface area contributed by atoms with E-state index in [0.29, 0.717) is 34.8 Å². The molecule has 0 saturated heterocycles. The normalized spacial score (nSPS) is 16.8. The van der Waals surface area contributed by atoms with Gasteiger partial charge in [-0.25, -0.2) is 19.2 Å². The van der Waals surface area contributed by atoms with E-state index in [0.717, 1.165) is 73.6 Å². The Morgan fingerprint density at radius 3 is 0.690 bits per heavy atom. The largest absolute Gasteiger partial charge is 0.514 e. The molecule has 6 rings (SSSR count). The average molecular weight is 977 g/mol. The minimum atomic E-state index is -0.756. The summed E-state index contributed by atoms with van der Waals surface area (Å²) >= 11 is 0. The minimum absolute atomic E-state index is 0.00474. The third-order valence-corrected chi connectivity index (χ3v) is 13.8. The fraction of sp³-hybridized carbons (Fsp3) is 0.525. The molecule has 0 amide bonds. The third kappa shape index (κ3) is 14.5. The van der Waals surface area contributed by atoms with Crippen molar-refractivity contribution in [3.8, 4) is 23.0 Å². The van der Waals surface area contributed by atoms with E-state index in [1.807, 2.05) is 97.1 Å². The van der Waals surface area contributed by atoms with Gasteiger partial charge in [0.2, 0.25) is 0 Å². The molecular weight excluding hydrogens is 901 g/mol. The maximum Gasteiger partial charge on any atom is 0.514 e. The van der Waals surface area contributed by atoms with Crippen LogP contribution in [0.25, 0.3) is 0 Å². The summed E-state index contributed by atoms with van der Waals surface area (Å²) in [6.45, 7) is 26.5. The molecule has 0 N–H and O–H groups in total. The summed E-state index contributed by atoms with van der Waals surface area (Å²) in [5.41, 5.74) is 0.984. The molecule has 384 valence electrons. The molecule has 0 bridgehead atoms. The Morgan fingerprint density at radius 2 is 0.521 bits per heavy atom. The molecule has 0 heterocycles. The highest BCUT2D eigenvalue weighted by Gasteiger charge is 2.48. The zero-order chi connectivity index (χ0) is 52.2. The number of carbonyl (C=O) groups excluding carboxylic acids is 4. The van der Waals surface area contributed by atoms with Crippen LogP contribution in [0.2, 0.25) is 0 Å². The van der Waals surface area contributed by atoms with Gasteiger partial charge in [0.25, 0.3) is 0 Å². The van der Waals surface area contributed by atoms with Gasteiger partial charge in [0, 0.05) is 10.8 Å². The molecule has 12 heteroatoms. The van der Waals surface area contributed by atoms with Gasteiger partial charge in [-0.3, -0.25) is 0 Å². The molecule has 2 fully saturated rings. The second kappa shape index (κ2) is 21.0. The van der Waals surface area contributed by atoms with Crippen LogP contribution in [0.4, 0.5) is 19.2 Å². The Balaban J connectivity index is 1.23. The van der Waals surface area contributed by atoms with E-state index in [9.17, 15) is 19.2 Å². The van der Waals surface area contributed by atoms with Crippen LogP contribution < -0.4 is 18.9 Å². The highest BCUT2D eigenvalue weighted by atomic mass is 16.7. The lowest BCUT2D eigenvalue weighted by Crippen LogP contribution is -2.43. The zero-order valence-corrected chi connectivity index (χ0v) is 44.4. The van der Waals surface area contributed by atoms with Crippen molar-refractivity contribution in [3.63, 3.8) is 0 Å². The molecule has 0 spiro atoms. The van der Waals surface area contributed by atoms with Crippen molar-refractivity contribution in [1.82, 2.24) is 0 Å². The van der Waals surface area contributed by atoms with Crippen LogP contribution in [0.3, 0.4) is 0 Å². The number of ether oxygens (including phenoxy) is 8. The summed E-state index contributed by atoms with van der Waals surface area (Å²) in [4.78, 5) is 50.2. The Kier molecular flexibility index (Phi) is 16.0. The van der Waals surface area contributed by atoms with E-state index >= 15 is 0 Å². The molecule has 2 aliphatic carbocycles. The van der Waals surface area contributed by atoms with E-state index in [-0.39, 0.29) is 16.2 Å². The molecule has 2 aliphatic rings. The average Bonchev–Trinajstić information content (AvgIpc) is 3.25. The summed E-state index contributed by atoms with van der Waals surface area (Å²) < 4.78 is 43.9. The number of benzene rings is 4. The fourth-order valence-electron chi connectivity index (χ4n) is 10.4. The lowest BCUT2D eigenvalue weighted by atomic mass is 9.53. The predicted octanol–water partition coefficient (Wildman–Crippen LogP) is 15.6. The van der Waals surface area contributed by atoms with Crippen LogP contribution in [0.1, 0.15) is 171 Å². The molecule has 2 saturated carbocycles. The second-order valence-electron chi connectivity index (χ2n) is 23.9. The van der Waals surface area contributed by atoms with Gasteiger partial charge in [-0.2, -0.15) is 0 Å². The summed E-state index contributed by atoms with van der Waals surface area (Å²) in [6.07, 6.45) is 4.44. The summed E-state index contributed by atoms with van der Waals surface area (Å²) in [5.74, 6) is 2.47. The Morgan fingerprint density at radius 1 is 0.338 bits per heavy atom. The summed E-state index contributed by atoms with van der Waals surface area (Å²) in [5, 5.41) is 0. The SMILES string of the molecule is CC(C)(C)OC(=O)Oc1ccc(C2(c3ccc(OC(=O)OC(C)(C)C)cc3)CCC(C(C)(C)C3CCC(c4ccc(OC(=O)OC(C)(C)C)cc4)(c4ccc(OC(=O)OC(C)(C)C)cc4)CC3)CC2)cc1. The minimum Gasteiger partial charge on any atom is -0.428 e. The Hall–Kier alpha value is -6.04. The van der Waals surface area contributed by atoms with Gasteiger partial charge >= 0.3 is 24.6 Å². The van der Waals surface area contributed by atoms with Gasteiger partial charge in [-0.05, 0) is 222 Å². The lowest BCUT2D eigenvalue weighted by molar-refractivity contribution is 0.0192. The van der Waals surface area contributed by atoms with Crippen molar-refractivity contribution in [2.45, 2.75) is 182 Å². The quantitative estimate of drug-likeness (QED) is 0.0848. The van der Waals surface area contributed by atoms with Crippen molar-refractivity contribution in [3.05, 3.63) is 119 Å². The van der Waals surface area contributed by atoms with E-state index in [4.69, 9.17) is 37.9 Å². The van der Waals surface area contributed by atoms with Crippen LogP contribution in [0.5, 0.6) is 23.0 Å². The molecule has 12 nitrogen and oxygen atoms in total. The number of hydrogen-bond donors (Lipinski definition) is 0. The van der Waals surface area contributed by atoms with Gasteiger partial charge in [-0.15, -0.1) is 0 Å². The molecule has 71 heavy (non-hydrogen) atoms. The molecule has 0 atom stereocenters. The monoisotopic (exact) mass is 977 g/mol. The summed E-state index contributed by atoms with van der Waals surface area (Å²) in [7, 11) is 0. The first kappa shape index (κ1) is 54.3. The zero-order valence-electron chi connectivity index (χ0n) is 44.4. The maximum atomic E-state index is 12.6. The van der Waals surface area contributed by atoms with Crippen LogP contribution in [0.15, 0.2) is 97.1 Å². The molecule has 0 aliphatic heterocycles. The Bertz CT molecular complexity index is 2120. The van der Waals surface area contributed by atoms with Crippen LogP contribution in [0, 0.1) is 17.3 Å². The lowest BCUT2D eigenvalue weighted by Gasteiger charge is -2.51. The molecule has 0 aromatic heterocycles. The van der Waals surface area contributed by atoms with Crippen molar-refractivity contribution in [1.29, 1.82) is 0 Å². The first-order valence-electron chi connectivity index (χ1n) is 25.0. The summed E-state index contributed by atoms with van der Waals surface area (Å²) in [6, 6.07) is 31.0. The molecule has 4 aromatic carbocycles. The van der Waals surface area contributed by atoms with Crippen molar-refractivity contribution < 1.29 is 57.1 Å². The number of carbonyl (C=O) groups is 4. The van der Waals surface area contributed by atoms with E-state index in [2.05, 4.69) is 13.8 Å². The predicted molar refractivity (Wildman–Crippen MR) is 272 cm³/mol. The van der Waals surface area contributed by atoms with Gasteiger partial charge in [0.05, 0.1) is 0 Å². The van der Waals surface area contributed by atoms with Crippen molar-refractivity contribution >= 4 is 24.6 Å². The molecule has 0 radical (unpaired) electrons. The topological polar surface area (TPSA) is 142 Å². The molecule has 0 unspecified atom stereocenters. The van der Waals surface area contributed by atoms with E-state index in [1.165, 1.54) is 0 Å². The smallest absolute Gasteiger partial charge is 0.428 e. The number of rotatable bonds is 10. The standard InChI is InChI=1S/C59H76O12/c1-53(2,3)68-49(60)64-45-23-15-41(16-24-45)58(42-17-25-46(26-18-42)65-50(61)69-54(4,5)6)35-31-39(32-36-58)57(13,14)40-33-37-59(38-34-40,43-19-27-47(28-20-43)66-51(62)70-55(7,8)9)44-21-29-48(30-22-44)67-52(63)71-56(10,11)12/h15-30,39-40H,31-38H2,1-14H3. The van der Waals surface area contributed by atoms with Crippen molar-refractivity contribution in [2.24, 2.45) is 17.3 Å². The maximum absolute atomic E-state index is 12.6. The first-order valence-corrected chi connectivity index (χ1v) is 25.0. The van der Waals surface area contributed by atoms with E-state index < -0.39 is 47.0 Å². The third-order valence-electron chi connectivity index (χ3n) is 13.8. The van der Waals surface area contributed by atoms with Gasteiger partial charge in [0.1, 0.15) is 45.4 Å². The van der Waals surface area contributed by atoms with Crippen LogP contribution >= 0.6 is 0 Å². The Labute approximate surface area is 421 Å². The highest BCUT2D eigenvalue weighted by molar-refractivity contribution is 5.66. The van der Waals surface area contributed by atoms with Crippen LogP contribution in [-0.4, -0.2) is 47.0 Å². The number of hydrogen-bond acceptors (Lipinski definition) is 12. The van der Waals surface area contributed by atoms with E-state index in [1.54, 1.807) is 83.1 Å². The first-order chi connectivity index (χ1) is 32.9. The molecular formula is C59H76O12. The van der Waals surface area contributed by atoms with Crippen molar-refractivity contribution in [2.75, 3.05) is 0 Å². The van der Waals surface area contributed by atoms with Gasteiger partial charge in [-0.1, -0.05) is 62.4 Å². The van der Waals surface area contributed by atoms with Gasteiger partial charge in [0.15, 0.2) is 0 Å². The van der Waals surface area contributed by atoms with Crippen LogP contribution in [-0.2, 0) is 29.8 Å². The fourth-order valence-corrected chi connectivity index (χ4v) is 10.4.